The molecule has 0 atom stereocenters. The van der Waals surface area contributed by atoms with E-state index in [1.807, 2.05) is 12.3 Å². The molecule has 0 aliphatic heterocycles. The van der Waals surface area contributed by atoms with Gasteiger partial charge in [0.05, 0.1) is 0 Å². The number of rotatable bonds is 11. The van der Waals surface area contributed by atoms with E-state index in [2.05, 4.69) is 48.3 Å². The van der Waals surface area contributed by atoms with Crippen molar-refractivity contribution in [2.75, 3.05) is 0 Å². The minimum atomic E-state index is -0.721. The number of carboxylic acid groups (broad SMARTS) is 1. The van der Waals surface area contributed by atoms with Gasteiger partial charge in [-0.15, -0.1) is 0 Å². The summed E-state index contributed by atoms with van der Waals surface area (Å²) in [5.41, 5.74) is 4.88. The summed E-state index contributed by atoms with van der Waals surface area (Å²) in [7, 11) is 0. The molecule has 138 valence electrons. The third kappa shape index (κ3) is 6.83. The summed E-state index contributed by atoms with van der Waals surface area (Å²) in [4.78, 5) is 14.9. The van der Waals surface area contributed by atoms with Crippen molar-refractivity contribution in [3.8, 4) is 0 Å². The van der Waals surface area contributed by atoms with Gasteiger partial charge in [-0.25, -0.2) is 0 Å². The first kappa shape index (κ1) is 19.9. The Morgan fingerprint density at radius 1 is 1.08 bits per heavy atom. The zero-order valence-corrected chi connectivity index (χ0v) is 15.7. The molecule has 0 radical (unpaired) electrons. The number of aromatic nitrogens is 1. The zero-order valence-electron chi connectivity index (χ0n) is 15.7. The van der Waals surface area contributed by atoms with Gasteiger partial charge < -0.3 is 5.11 Å². The molecule has 0 fully saturated rings. The molecule has 1 aromatic carbocycles. The lowest BCUT2D eigenvalue weighted by Crippen LogP contribution is -1.94. The number of unbranched alkanes of at least 4 members (excludes halogenated alkanes) is 4. The van der Waals surface area contributed by atoms with E-state index in [0.29, 0.717) is 6.42 Å². The fourth-order valence-electron chi connectivity index (χ4n) is 3.06. The monoisotopic (exact) mass is 351 g/mol. The maximum absolute atomic E-state index is 10.7. The van der Waals surface area contributed by atoms with Gasteiger partial charge in [-0.3, -0.25) is 9.78 Å². The summed E-state index contributed by atoms with van der Waals surface area (Å²) in [6, 6.07) is 12.8. The van der Waals surface area contributed by atoms with E-state index < -0.39 is 5.97 Å². The van der Waals surface area contributed by atoms with Gasteiger partial charge in [0, 0.05) is 24.4 Å². The standard InChI is InChI=1S/C23H29NO2/c1-2-3-5-10-19-11-8-12-20(17-19)22(21-13-9-16-24-18-21)14-6-4-7-15-23(25)26/h8-9,11-14,16-18H,2-7,10,15H2,1H3,(H,25,26)/b22-14-. The largest absolute Gasteiger partial charge is 0.481 e. The normalized spacial score (nSPS) is 11.5. The van der Waals surface area contributed by atoms with Crippen LogP contribution in [-0.4, -0.2) is 16.1 Å². The highest BCUT2D eigenvalue weighted by molar-refractivity contribution is 5.79. The molecule has 26 heavy (non-hydrogen) atoms. The molecule has 0 saturated heterocycles. The minimum absolute atomic E-state index is 0.239. The van der Waals surface area contributed by atoms with Crippen LogP contribution in [0.5, 0.6) is 0 Å². The minimum Gasteiger partial charge on any atom is -0.481 e. The van der Waals surface area contributed by atoms with E-state index in [-0.39, 0.29) is 6.42 Å². The second kappa shape index (κ2) is 11.2. The third-order valence-electron chi connectivity index (χ3n) is 4.47. The van der Waals surface area contributed by atoms with Crippen LogP contribution in [0.1, 0.15) is 68.6 Å². The van der Waals surface area contributed by atoms with Crippen LogP contribution in [0.3, 0.4) is 0 Å². The van der Waals surface area contributed by atoms with Gasteiger partial charge in [-0.2, -0.15) is 0 Å². The molecular formula is C23H29NO2. The molecule has 0 aliphatic carbocycles. The molecule has 0 amide bonds. The zero-order chi connectivity index (χ0) is 18.6. The number of carboxylic acids is 1. The molecule has 3 nitrogen and oxygen atoms in total. The average Bonchev–Trinajstić information content (AvgIpc) is 2.65. The maximum Gasteiger partial charge on any atom is 0.303 e. The van der Waals surface area contributed by atoms with E-state index in [1.54, 1.807) is 6.20 Å². The van der Waals surface area contributed by atoms with Crippen LogP contribution in [0, 0.1) is 0 Å². The van der Waals surface area contributed by atoms with Gasteiger partial charge in [-0.05, 0) is 54.9 Å². The second-order valence-corrected chi connectivity index (χ2v) is 6.66. The number of allylic oxidation sites excluding steroid dienone is 1. The summed E-state index contributed by atoms with van der Waals surface area (Å²) in [6.45, 7) is 2.23. The smallest absolute Gasteiger partial charge is 0.303 e. The average molecular weight is 351 g/mol. The lowest BCUT2D eigenvalue weighted by Gasteiger charge is -2.11. The Hall–Kier alpha value is -2.42. The van der Waals surface area contributed by atoms with Gasteiger partial charge in [0.25, 0.3) is 0 Å². The van der Waals surface area contributed by atoms with E-state index in [0.717, 1.165) is 24.8 Å². The van der Waals surface area contributed by atoms with Gasteiger partial charge in [0.1, 0.15) is 0 Å². The van der Waals surface area contributed by atoms with Crippen LogP contribution < -0.4 is 0 Å². The molecule has 1 heterocycles. The van der Waals surface area contributed by atoms with Crippen molar-refractivity contribution in [2.45, 2.75) is 58.3 Å². The van der Waals surface area contributed by atoms with Crippen molar-refractivity contribution < 1.29 is 9.90 Å². The number of aliphatic carboxylic acids is 1. The summed E-state index contributed by atoms with van der Waals surface area (Å²) in [5, 5.41) is 8.77. The molecule has 3 heteroatoms. The van der Waals surface area contributed by atoms with Crippen LogP contribution >= 0.6 is 0 Å². The molecule has 0 aliphatic rings. The highest BCUT2D eigenvalue weighted by Gasteiger charge is 2.06. The van der Waals surface area contributed by atoms with E-state index >= 15 is 0 Å². The van der Waals surface area contributed by atoms with Crippen molar-refractivity contribution in [2.24, 2.45) is 0 Å². The number of pyridine rings is 1. The molecular weight excluding hydrogens is 322 g/mol. The Morgan fingerprint density at radius 3 is 2.65 bits per heavy atom. The second-order valence-electron chi connectivity index (χ2n) is 6.66. The van der Waals surface area contributed by atoms with Crippen LogP contribution in [0.2, 0.25) is 0 Å². The number of carbonyl (C=O) groups is 1. The van der Waals surface area contributed by atoms with Crippen molar-refractivity contribution in [1.29, 1.82) is 0 Å². The highest BCUT2D eigenvalue weighted by Crippen LogP contribution is 2.25. The molecule has 0 unspecified atom stereocenters. The Morgan fingerprint density at radius 2 is 1.92 bits per heavy atom. The Balaban J connectivity index is 2.15. The SMILES string of the molecule is CCCCCc1cccc(/C(=C/CCCCC(=O)O)c2cccnc2)c1. The Bertz CT molecular complexity index is 707. The van der Waals surface area contributed by atoms with Gasteiger partial charge in [-0.1, -0.05) is 56.2 Å². The van der Waals surface area contributed by atoms with Crippen LogP contribution in [-0.2, 0) is 11.2 Å². The molecule has 0 bridgehead atoms. The molecule has 0 spiro atoms. The molecule has 0 saturated carbocycles. The third-order valence-corrected chi connectivity index (χ3v) is 4.47. The van der Waals surface area contributed by atoms with Crippen molar-refractivity contribution in [3.05, 3.63) is 71.6 Å². The highest BCUT2D eigenvalue weighted by atomic mass is 16.4. The first-order valence-electron chi connectivity index (χ1n) is 9.62. The summed E-state index contributed by atoms with van der Waals surface area (Å²) in [5.74, 6) is -0.721. The number of benzene rings is 1. The number of hydrogen-bond acceptors (Lipinski definition) is 2. The maximum atomic E-state index is 10.7. The van der Waals surface area contributed by atoms with Gasteiger partial charge in [0.2, 0.25) is 0 Å². The quantitative estimate of drug-likeness (QED) is 0.513. The predicted octanol–water partition coefficient (Wildman–Crippen LogP) is 5.89. The molecule has 1 aromatic heterocycles. The topological polar surface area (TPSA) is 50.2 Å². The van der Waals surface area contributed by atoms with Gasteiger partial charge in [0.15, 0.2) is 0 Å². The number of hydrogen-bond donors (Lipinski definition) is 1. The fraction of sp³-hybridized carbons (Fsp3) is 0.391. The summed E-state index contributed by atoms with van der Waals surface area (Å²) >= 11 is 0. The number of aryl methyl sites for hydroxylation is 1. The lowest BCUT2D eigenvalue weighted by atomic mass is 9.95. The van der Waals surface area contributed by atoms with Crippen LogP contribution in [0.15, 0.2) is 54.9 Å². The van der Waals surface area contributed by atoms with E-state index in [4.69, 9.17) is 5.11 Å². The first-order valence-corrected chi connectivity index (χ1v) is 9.62. The first-order chi connectivity index (χ1) is 12.7. The summed E-state index contributed by atoms with van der Waals surface area (Å²) in [6.07, 6.45) is 13.4. The summed E-state index contributed by atoms with van der Waals surface area (Å²) < 4.78 is 0. The van der Waals surface area contributed by atoms with Crippen molar-refractivity contribution >= 4 is 11.5 Å². The molecule has 1 N–H and O–H groups in total. The Labute approximate surface area is 156 Å². The van der Waals surface area contributed by atoms with Gasteiger partial charge >= 0.3 is 5.97 Å². The van der Waals surface area contributed by atoms with E-state index in [1.165, 1.54) is 36.0 Å². The Kier molecular flexibility index (Phi) is 8.61. The van der Waals surface area contributed by atoms with Crippen molar-refractivity contribution in [3.63, 3.8) is 0 Å². The van der Waals surface area contributed by atoms with Crippen molar-refractivity contribution in [1.82, 2.24) is 4.98 Å². The van der Waals surface area contributed by atoms with E-state index in [9.17, 15) is 4.79 Å². The predicted molar refractivity (Wildman–Crippen MR) is 107 cm³/mol. The lowest BCUT2D eigenvalue weighted by molar-refractivity contribution is -0.137. The molecule has 2 rings (SSSR count). The van der Waals surface area contributed by atoms with Crippen LogP contribution in [0.25, 0.3) is 5.57 Å². The van der Waals surface area contributed by atoms with Crippen LogP contribution in [0.4, 0.5) is 0 Å². The number of nitrogens with zero attached hydrogens (tertiary/aromatic N) is 1. The molecule has 2 aromatic rings. The fourth-order valence-corrected chi connectivity index (χ4v) is 3.06.